The zero-order chi connectivity index (χ0) is 18.7. The van der Waals surface area contributed by atoms with Crippen LogP contribution in [0.25, 0.3) is 0 Å². The molecule has 0 aromatic carbocycles. The van der Waals surface area contributed by atoms with E-state index < -0.39 is 10.8 Å². The van der Waals surface area contributed by atoms with Crippen molar-refractivity contribution in [2.45, 2.75) is 64.2 Å². The highest BCUT2D eigenvalue weighted by atomic mass is 32.2. The third-order valence-electron chi connectivity index (χ3n) is 6.34. The summed E-state index contributed by atoms with van der Waals surface area (Å²) in [5.74, 6) is 3.64. The van der Waals surface area contributed by atoms with Crippen LogP contribution >= 0.6 is 0 Å². The highest BCUT2D eigenvalue weighted by Gasteiger charge is 2.42. The van der Waals surface area contributed by atoms with E-state index in [0.717, 1.165) is 56.6 Å². The molecule has 4 atom stereocenters. The molecule has 2 aliphatic carbocycles. The number of guanidine groups is 1. The molecule has 0 spiro atoms. The van der Waals surface area contributed by atoms with Crippen LogP contribution in [-0.4, -0.2) is 75.8 Å². The molecular formula is C20H38N4OS. The average molecular weight is 383 g/mol. The predicted molar refractivity (Wildman–Crippen MR) is 111 cm³/mol. The maximum absolute atomic E-state index is 12.2. The molecule has 3 aliphatic rings. The number of hydrogen-bond acceptors (Lipinski definition) is 3. The molecule has 2 bridgehead atoms. The molecule has 1 heterocycles. The minimum absolute atomic E-state index is 0.153. The predicted octanol–water partition coefficient (Wildman–Crippen LogP) is 2.31. The van der Waals surface area contributed by atoms with Gasteiger partial charge in [0.2, 0.25) is 0 Å². The van der Waals surface area contributed by atoms with E-state index in [9.17, 15) is 4.21 Å². The first-order valence-corrected chi connectivity index (χ1v) is 11.9. The van der Waals surface area contributed by atoms with Gasteiger partial charge < -0.3 is 10.2 Å². The van der Waals surface area contributed by atoms with Gasteiger partial charge in [-0.2, -0.15) is 0 Å². The summed E-state index contributed by atoms with van der Waals surface area (Å²) in [6.45, 7) is 14.2. The van der Waals surface area contributed by atoms with Crippen molar-refractivity contribution in [2.75, 3.05) is 45.0 Å². The molecule has 1 aliphatic heterocycles. The second-order valence-electron chi connectivity index (χ2n) is 9.16. The summed E-state index contributed by atoms with van der Waals surface area (Å²) in [5, 5.41) is 3.43. The second kappa shape index (κ2) is 8.59. The van der Waals surface area contributed by atoms with E-state index in [1.165, 1.54) is 25.7 Å². The Balaban J connectivity index is 1.49. The molecule has 3 fully saturated rings. The molecule has 3 rings (SSSR count). The summed E-state index contributed by atoms with van der Waals surface area (Å²) >= 11 is 0. The summed E-state index contributed by atoms with van der Waals surface area (Å²) in [7, 11) is -0.833. The number of fused-ring (bicyclic) bond motifs is 2. The summed E-state index contributed by atoms with van der Waals surface area (Å²) in [4.78, 5) is 9.92. The average Bonchev–Trinajstić information content (AvgIpc) is 3.23. The van der Waals surface area contributed by atoms with Gasteiger partial charge in [-0.1, -0.05) is 6.42 Å². The van der Waals surface area contributed by atoms with Crippen molar-refractivity contribution in [3.05, 3.63) is 0 Å². The third kappa shape index (κ3) is 4.80. The molecule has 150 valence electrons. The van der Waals surface area contributed by atoms with Crippen LogP contribution < -0.4 is 5.32 Å². The molecule has 0 amide bonds. The monoisotopic (exact) mass is 382 g/mol. The number of nitrogens with one attached hydrogen (secondary N) is 1. The van der Waals surface area contributed by atoms with Gasteiger partial charge in [-0.25, -0.2) is 0 Å². The summed E-state index contributed by atoms with van der Waals surface area (Å²) < 4.78 is 12.1. The Morgan fingerprint density at radius 3 is 2.42 bits per heavy atom. The van der Waals surface area contributed by atoms with Gasteiger partial charge in [0.15, 0.2) is 5.96 Å². The van der Waals surface area contributed by atoms with Crippen molar-refractivity contribution in [3.63, 3.8) is 0 Å². The van der Waals surface area contributed by atoms with Crippen molar-refractivity contribution in [1.29, 1.82) is 0 Å². The Bertz CT molecular complexity index is 522. The van der Waals surface area contributed by atoms with Crippen LogP contribution in [0.3, 0.4) is 0 Å². The molecule has 1 saturated heterocycles. The van der Waals surface area contributed by atoms with Crippen LogP contribution in [0, 0.1) is 11.8 Å². The smallest absolute Gasteiger partial charge is 0.194 e. The van der Waals surface area contributed by atoms with E-state index in [0.29, 0.717) is 12.3 Å². The van der Waals surface area contributed by atoms with Crippen molar-refractivity contribution < 1.29 is 4.21 Å². The fraction of sp³-hybridized carbons (Fsp3) is 0.950. The fourth-order valence-electron chi connectivity index (χ4n) is 4.89. The lowest BCUT2D eigenvalue weighted by atomic mass is 9.93. The molecule has 0 radical (unpaired) electrons. The Labute approximate surface area is 162 Å². The summed E-state index contributed by atoms with van der Waals surface area (Å²) in [6.07, 6.45) is 5.87. The van der Waals surface area contributed by atoms with Gasteiger partial charge in [-0.05, 0) is 58.8 Å². The Morgan fingerprint density at radius 1 is 1.15 bits per heavy atom. The van der Waals surface area contributed by atoms with Gasteiger partial charge in [0.1, 0.15) is 0 Å². The lowest BCUT2D eigenvalue weighted by Crippen LogP contribution is -2.55. The summed E-state index contributed by atoms with van der Waals surface area (Å²) in [6, 6.07) is 0.852. The highest BCUT2D eigenvalue weighted by Crippen LogP contribution is 2.46. The first-order chi connectivity index (χ1) is 12.4. The SMILES string of the molecule is CCNC(=NCCS(=O)C(C)(C)C)N1CCN(C2CC3CCC2C3)CC1. The Morgan fingerprint density at radius 2 is 1.88 bits per heavy atom. The third-order valence-corrected chi connectivity index (χ3v) is 8.26. The quantitative estimate of drug-likeness (QED) is 0.585. The topological polar surface area (TPSA) is 47.9 Å². The normalized spacial score (nSPS) is 31.5. The lowest BCUT2D eigenvalue weighted by molar-refractivity contribution is 0.0958. The molecule has 26 heavy (non-hydrogen) atoms. The number of piperazine rings is 1. The van der Waals surface area contributed by atoms with Gasteiger partial charge in [-0.3, -0.25) is 14.1 Å². The molecule has 0 aromatic heterocycles. The van der Waals surface area contributed by atoms with Crippen molar-refractivity contribution in [1.82, 2.24) is 15.1 Å². The van der Waals surface area contributed by atoms with Crippen LogP contribution in [0.5, 0.6) is 0 Å². The standard InChI is InChI=1S/C20H38N4OS/c1-5-21-19(22-8-13-26(25)20(2,3)4)24-11-9-23(10-12-24)18-15-16-6-7-17(18)14-16/h16-18H,5-15H2,1-4H3,(H,21,22). The van der Waals surface area contributed by atoms with Crippen LogP contribution in [-0.2, 0) is 10.8 Å². The Kier molecular flexibility index (Phi) is 6.65. The molecule has 6 heteroatoms. The maximum atomic E-state index is 12.2. The van der Waals surface area contributed by atoms with Crippen LogP contribution in [0.4, 0.5) is 0 Å². The van der Waals surface area contributed by atoms with Crippen LogP contribution in [0.2, 0.25) is 0 Å². The van der Waals surface area contributed by atoms with Gasteiger partial charge in [0, 0.05) is 60.1 Å². The van der Waals surface area contributed by atoms with Gasteiger partial charge in [0.25, 0.3) is 0 Å². The minimum atomic E-state index is -0.833. The largest absolute Gasteiger partial charge is 0.357 e. The molecule has 1 N–H and O–H groups in total. The van der Waals surface area contributed by atoms with Gasteiger partial charge >= 0.3 is 0 Å². The van der Waals surface area contributed by atoms with Crippen molar-refractivity contribution in [3.8, 4) is 0 Å². The number of aliphatic imine (C=N–C) groups is 1. The fourth-order valence-corrected chi connectivity index (χ4v) is 5.76. The van der Waals surface area contributed by atoms with Crippen molar-refractivity contribution >= 4 is 16.8 Å². The molecular weight excluding hydrogens is 344 g/mol. The zero-order valence-electron chi connectivity index (χ0n) is 17.2. The lowest BCUT2D eigenvalue weighted by Gasteiger charge is -2.42. The van der Waals surface area contributed by atoms with E-state index in [1.807, 2.05) is 20.8 Å². The molecule has 4 unspecified atom stereocenters. The highest BCUT2D eigenvalue weighted by molar-refractivity contribution is 7.86. The maximum Gasteiger partial charge on any atom is 0.194 e. The van der Waals surface area contributed by atoms with E-state index in [1.54, 1.807) is 0 Å². The van der Waals surface area contributed by atoms with E-state index in [-0.39, 0.29) is 4.75 Å². The number of nitrogens with zero attached hydrogens (tertiary/aromatic N) is 3. The minimum Gasteiger partial charge on any atom is -0.357 e. The van der Waals surface area contributed by atoms with Gasteiger partial charge in [0.05, 0.1) is 6.54 Å². The van der Waals surface area contributed by atoms with E-state index in [4.69, 9.17) is 4.99 Å². The Hall–Kier alpha value is -0.620. The van der Waals surface area contributed by atoms with Gasteiger partial charge in [-0.15, -0.1) is 0 Å². The first-order valence-electron chi connectivity index (χ1n) is 10.5. The van der Waals surface area contributed by atoms with Crippen LogP contribution in [0.1, 0.15) is 53.4 Å². The zero-order valence-corrected chi connectivity index (χ0v) is 18.0. The molecule has 2 saturated carbocycles. The second-order valence-corrected chi connectivity index (χ2v) is 11.5. The van der Waals surface area contributed by atoms with E-state index >= 15 is 0 Å². The number of hydrogen-bond donors (Lipinski definition) is 1. The summed E-state index contributed by atoms with van der Waals surface area (Å²) in [5.41, 5.74) is 0. The van der Waals surface area contributed by atoms with E-state index in [2.05, 4.69) is 22.0 Å². The van der Waals surface area contributed by atoms with Crippen LogP contribution in [0.15, 0.2) is 4.99 Å². The first kappa shape index (κ1) is 20.1. The number of rotatable bonds is 5. The molecule has 5 nitrogen and oxygen atoms in total. The van der Waals surface area contributed by atoms with Crippen molar-refractivity contribution in [2.24, 2.45) is 16.8 Å². The molecule has 0 aromatic rings.